The van der Waals surface area contributed by atoms with Gasteiger partial charge < -0.3 is 15.4 Å². The number of cyclic esters (lactones) is 1. The second-order valence-corrected chi connectivity index (χ2v) is 8.91. The number of nitrogens with two attached hydrogens (primary N) is 1. The molecule has 1 amide bonds. The van der Waals surface area contributed by atoms with Crippen LogP contribution >= 0.6 is 0 Å². The molecule has 0 aliphatic carbocycles. The molecule has 1 aliphatic heterocycles. The minimum Gasteiger partial charge on any atom is -0.443 e. The molecule has 174 valence electrons. The van der Waals surface area contributed by atoms with Crippen molar-refractivity contribution in [1.29, 1.82) is 0 Å². The van der Waals surface area contributed by atoms with Crippen LogP contribution in [-0.4, -0.2) is 69.8 Å². The van der Waals surface area contributed by atoms with Crippen molar-refractivity contribution in [2.24, 2.45) is 5.73 Å². The number of nitrogens with one attached hydrogen (secondary N) is 1. The van der Waals surface area contributed by atoms with Gasteiger partial charge in [-0.1, -0.05) is 0 Å². The molecule has 1 atom stereocenters. The van der Waals surface area contributed by atoms with Crippen molar-refractivity contribution in [1.82, 2.24) is 14.8 Å². The number of anilines is 2. The zero-order chi connectivity index (χ0) is 23.3. The molecule has 3 rings (SSSR count). The van der Waals surface area contributed by atoms with Crippen LogP contribution in [0.3, 0.4) is 0 Å². The molecule has 0 spiro atoms. The number of ether oxygens (including phenoxy) is 1. The van der Waals surface area contributed by atoms with E-state index in [-0.39, 0.29) is 31.1 Å². The van der Waals surface area contributed by atoms with E-state index in [0.717, 1.165) is 4.41 Å². The molecule has 32 heavy (non-hydrogen) atoms. The summed E-state index contributed by atoms with van der Waals surface area (Å²) in [5.74, 6) is -0.527. The number of halogens is 1. The number of hydrazine groups is 1. The Labute approximate surface area is 186 Å². The molecule has 12 heteroatoms. The van der Waals surface area contributed by atoms with Crippen LogP contribution in [0.4, 0.5) is 20.6 Å². The number of hydrogen-bond acceptors (Lipinski definition) is 8. The van der Waals surface area contributed by atoms with Crippen molar-refractivity contribution in [2.45, 2.75) is 17.9 Å². The van der Waals surface area contributed by atoms with Gasteiger partial charge in [-0.2, -0.15) is 0 Å². The highest BCUT2D eigenvalue weighted by molar-refractivity contribution is 7.89. The fourth-order valence-corrected chi connectivity index (χ4v) is 4.71. The number of aromatic nitrogens is 1. The second kappa shape index (κ2) is 10.2. The van der Waals surface area contributed by atoms with Gasteiger partial charge in [-0.25, -0.2) is 23.0 Å². The molecule has 1 fully saturated rings. The van der Waals surface area contributed by atoms with Crippen molar-refractivity contribution in [3.63, 3.8) is 0 Å². The molecule has 0 radical (unpaired) electrons. The fourth-order valence-electron chi connectivity index (χ4n) is 3.43. The second-order valence-electron chi connectivity index (χ2n) is 7.05. The lowest BCUT2D eigenvalue weighted by atomic mass is 10.2. The monoisotopic (exact) mass is 466 g/mol. The number of likely N-dealkylation sites (N-methyl/N-ethyl adjacent to an activating group) is 1. The molecule has 1 aromatic carbocycles. The van der Waals surface area contributed by atoms with Gasteiger partial charge in [-0.05, 0) is 44.3 Å². The third-order valence-corrected chi connectivity index (χ3v) is 6.98. The number of carbonyl (C=O) groups is 1. The smallest absolute Gasteiger partial charge is 0.414 e. The predicted molar refractivity (Wildman–Crippen MR) is 118 cm³/mol. The van der Waals surface area contributed by atoms with Gasteiger partial charge in [0.2, 0.25) is 0 Å². The van der Waals surface area contributed by atoms with E-state index in [1.807, 2.05) is 6.92 Å². The van der Waals surface area contributed by atoms with Crippen LogP contribution in [0.25, 0.3) is 0 Å². The third kappa shape index (κ3) is 4.99. The molecular formula is C20H27FN6O4S. The normalized spacial score (nSPS) is 16.5. The maximum Gasteiger partial charge on any atom is 0.414 e. The zero-order valence-electron chi connectivity index (χ0n) is 17.9. The lowest BCUT2D eigenvalue weighted by molar-refractivity contribution is 0.145. The summed E-state index contributed by atoms with van der Waals surface area (Å²) in [5.41, 5.74) is 8.91. The Hall–Kier alpha value is -2.80. The summed E-state index contributed by atoms with van der Waals surface area (Å²) in [6.45, 7) is 3.06. The van der Waals surface area contributed by atoms with Crippen LogP contribution in [0.2, 0.25) is 0 Å². The average Bonchev–Trinajstić information content (AvgIpc) is 3.18. The first-order chi connectivity index (χ1) is 15.3. The third-order valence-electron chi connectivity index (χ3n) is 5.16. The van der Waals surface area contributed by atoms with E-state index in [9.17, 15) is 17.6 Å². The largest absolute Gasteiger partial charge is 0.443 e. The fraction of sp³-hybridized carbons (Fsp3) is 0.400. The van der Waals surface area contributed by atoms with E-state index < -0.39 is 28.0 Å². The van der Waals surface area contributed by atoms with E-state index >= 15 is 0 Å². The zero-order valence-corrected chi connectivity index (χ0v) is 18.8. The summed E-state index contributed by atoms with van der Waals surface area (Å²) < 4.78 is 46.8. The SMILES string of the molecule is CCN(CCN(NC)S(=O)(=O)c1ccncc1)c1ccc(N2C[C@H](CN)OC2=O)cc1F. The molecule has 1 saturated heterocycles. The van der Waals surface area contributed by atoms with Crippen LogP contribution in [0.5, 0.6) is 0 Å². The van der Waals surface area contributed by atoms with Crippen LogP contribution in [-0.2, 0) is 14.8 Å². The van der Waals surface area contributed by atoms with Crippen molar-refractivity contribution >= 4 is 27.5 Å². The summed E-state index contributed by atoms with van der Waals surface area (Å²) in [4.78, 5) is 19.0. The minimum absolute atomic E-state index is 0.0762. The molecular weight excluding hydrogens is 439 g/mol. The van der Waals surface area contributed by atoms with Crippen molar-refractivity contribution in [3.05, 3.63) is 48.5 Å². The van der Waals surface area contributed by atoms with E-state index in [4.69, 9.17) is 10.5 Å². The Morgan fingerprint density at radius 3 is 2.56 bits per heavy atom. The van der Waals surface area contributed by atoms with Crippen molar-refractivity contribution in [3.8, 4) is 0 Å². The Morgan fingerprint density at radius 1 is 1.28 bits per heavy atom. The number of pyridine rings is 1. The van der Waals surface area contributed by atoms with Crippen LogP contribution in [0, 0.1) is 5.82 Å². The first-order valence-electron chi connectivity index (χ1n) is 10.1. The van der Waals surface area contributed by atoms with Gasteiger partial charge in [-0.15, -0.1) is 4.41 Å². The molecule has 0 unspecified atom stereocenters. The Bertz CT molecular complexity index is 1040. The molecule has 10 nitrogen and oxygen atoms in total. The van der Waals surface area contributed by atoms with Gasteiger partial charge in [-0.3, -0.25) is 9.88 Å². The van der Waals surface area contributed by atoms with Crippen LogP contribution < -0.4 is 21.0 Å². The summed E-state index contributed by atoms with van der Waals surface area (Å²) in [5, 5.41) is 0. The molecule has 3 N–H and O–H groups in total. The molecule has 1 aliphatic rings. The Morgan fingerprint density at radius 2 is 2.00 bits per heavy atom. The molecule has 2 aromatic rings. The Kier molecular flexibility index (Phi) is 7.61. The number of amides is 1. The van der Waals surface area contributed by atoms with Gasteiger partial charge in [0.25, 0.3) is 10.0 Å². The highest BCUT2D eigenvalue weighted by atomic mass is 32.2. The van der Waals surface area contributed by atoms with Gasteiger partial charge in [0.1, 0.15) is 11.9 Å². The van der Waals surface area contributed by atoms with Crippen LogP contribution in [0.1, 0.15) is 6.92 Å². The number of nitrogens with zero attached hydrogens (tertiary/aromatic N) is 4. The summed E-state index contributed by atoms with van der Waals surface area (Å²) in [7, 11) is -2.28. The quantitative estimate of drug-likeness (QED) is 0.501. The standard InChI is InChI=1S/C20H27FN6O4S/c1-3-25(10-11-27(23-2)32(29,30)17-6-8-24-9-7-17)19-5-4-15(12-18(19)21)26-14-16(13-22)31-20(26)28/h4-9,12,16,23H,3,10-11,13-14,22H2,1-2H3/t16-/m0/s1. The van der Waals surface area contributed by atoms with Crippen molar-refractivity contribution < 1.29 is 22.3 Å². The van der Waals surface area contributed by atoms with Gasteiger partial charge in [0.15, 0.2) is 0 Å². The first kappa shape index (κ1) is 23.9. The van der Waals surface area contributed by atoms with Gasteiger partial charge >= 0.3 is 6.09 Å². The first-order valence-corrected chi connectivity index (χ1v) is 11.6. The number of rotatable bonds is 10. The topological polar surface area (TPSA) is 121 Å². The maximum absolute atomic E-state index is 15.0. The highest BCUT2D eigenvalue weighted by Gasteiger charge is 2.32. The molecule has 0 saturated carbocycles. The average molecular weight is 467 g/mol. The number of carbonyl (C=O) groups excluding carboxylic acids is 1. The van der Waals surface area contributed by atoms with E-state index in [1.54, 1.807) is 17.0 Å². The predicted octanol–water partition coefficient (Wildman–Crippen LogP) is 1.16. The number of hydrogen-bond donors (Lipinski definition) is 2. The highest BCUT2D eigenvalue weighted by Crippen LogP contribution is 2.28. The van der Waals surface area contributed by atoms with Gasteiger partial charge in [0, 0.05) is 38.6 Å². The van der Waals surface area contributed by atoms with E-state index in [0.29, 0.717) is 17.9 Å². The maximum atomic E-state index is 15.0. The summed E-state index contributed by atoms with van der Waals surface area (Å²) >= 11 is 0. The van der Waals surface area contributed by atoms with Crippen LogP contribution in [0.15, 0.2) is 47.6 Å². The van der Waals surface area contributed by atoms with E-state index in [2.05, 4.69) is 10.4 Å². The number of benzene rings is 1. The molecule has 2 heterocycles. The van der Waals surface area contributed by atoms with Crippen molar-refractivity contribution in [2.75, 3.05) is 49.6 Å². The molecule has 1 aromatic heterocycles. The lowest BCUT2D eigenvalue weighted by Crippen LogP contribution is -2.45. The summed E-state index contributed by atoms with van der Waals surface area (Å²) in [6, 6.07) is 7.28. The summed E-state index contributed by atoms with van der Waals surface area (Å²) in [6.07, 6.45) is 1.82. The number of sulfonamides is 1. The minimum atomic E-state index is -3.79. The molecule has 0 bridgehead atoms. The van der Waals surface area contributed by atoms with Gasteiger partial charge in [0.05, 0.1) is 22.8 Å². The lowest BCUT2D eigenvalue weighted by Gasteiger charge is -2.28. The Balaban J connectivity index is 1.73. The van der Waals surface area contributed by atoms with E-state index in [1.165, 1.54) is 42.5 Å².